The first-order chi connectivity index (χ1) is 6.24. The van der Waals surface area contributed by atoms with Gasteiger partial charge in [0.15, 0.2) is 0 Å². The molecule has 0 heterocycles. The number of benzene rings is 1. The fourth-order valence-electron chi connectivity index (χ4n) is 1.04. The molecule has 3 nitrogen and oxygen atoms in total. The minimum absolute atomic E-state index is 0. The minimum Gasteiger partial charge on any atom is -0.320 e. The molecule has 1 rings (SSSR count). The fourth-order valence-corrected chi connectivity index (χ4v) is 1.30. The van der Waals surface area contributed by atoms with Crippen molar-refractivity contribution in [2.75, 3.05) is 0 Å². The van der Waals surface area contributed by atoms with E-state index < -0.39 is 6.04 Å². The van der Waals surface area contributed by atoms with E-state index in [-0.39, 0.29) is 17.5 Å². The van der Waals surface area contributed by atoms with Gasteiger partial charge in [0.1, 0.15) is 0 Å². The SMILES string of the molecule is Cl.NSC(=O)[C@@H](N)Cc1ccccc1. The lowest BCUT2D eigenvalue weighted by molar-refractivity contribution is -0.112. The third kappa shape index (κ3) is 4.11. The molecule has 0 aliphatic rings. The van der Waals surface area contributed by atoms with Crippen molar-refractivity contribution in [1.29, 1.82) is 0 Å². The zero-order valence-corrected chi connectivity index (χ0v) is 9.18. The van der Waals surface area contributed by atoms with Crippen molar-refractivity contribution >= 4 is 29.5 Å². The van der Waals surface area contributed by atoms with Crippen LogP contribution in [0.25, 0.3) is 0 Å². The Labute approximate surface area is 93.8 Å². The van der Waals surface area contributed by atoms with Crippen LogP contribution in [0.15, 0.2) is 30.3 Å². The Morgan fingerprint density at radius 1 is 1.36 bits per heavy atom. The lowest BCUT2D eigenvalue weighted by Gasteiger charge is -2.07. The van der Waals surface area contributed by atoms with Gasteiger partial charge in [-0.3, -0.25) is 9.93 Å². The standard InChI is InChI=1S/C9H12N2OS.ClH/c10-8(9(12)13-11)6-7-4-2-1-3-5-7;/h1-5,8H,6,10-11H2;1H/t8-;/m0./s1. The van der Waals surface area contributed by atoms with Crippen LogP contribution in [0.5, 0.6) is 0 Å². The van der Waals surface area contributed by atoms with Crippen LogP contribution in [-0.4, -0.2) is 11.2 Å². The summed E-state index contributed by atoms with van der Waals surface area (Å²) in [6, 6.07) is 9.14. The van der Waals surface area contributed by atoms with Crippen LogP contribution in [0.3, 0.4) is 0 Å². The Morgan fingerprint density at radius 2 is 1.93 bits per heavy atom. The molecule has 0 aromatic heterocycles. The van der Waals surface area contributed by atoms with E-state index in [2.05, 4.69) is 0 Å². The molecule has 5 heteroatoms. The Hall–Kier alpha value is -0.550. The van der Waals surface area contributed by atoms with E-state index in [1.165, 1.54) is 0 Å². The summed E-state index contributed by atoms with van der Waals surface area (Å²) < 4.78 is 0. The van der Waals surface area contributed by atoms with Gasteiger partial charge in [-0.15, -0.1) is 12.4 Å². The molecule has 0 aliphatic carbocycles. The summed E-state index contributed by atoms with van der Waals surface area (Å²) in [7, 11) is 0. The van der Waals surface area contributed by atoms with Gasteiger partial charge in [-0.05, 0) is 23.9 Å². The van der Waals surface area contributed by atoms with E-state index in [4.69, 9.17) is 10.9 Å². The van der Waals surface area contributed by atoms with Crippen LogP contribution in [0.4, 0.5) is 0 Å². The maximum Gasteiger partial charge on any atom is 0.220 e. The summed E-state index contributed by atoms with van der Waals surface area (Å²) in [6.07, 6.45) is 0.546. The van der Waals surface area contributed by atoms with Crippen molar-refractivity contribution in [1.82, 2.24) is 0 Å². The van der Waals surface area contributed by atoms with Gasteiger partial charge < -0.3 is 5.73 Å². The van der Waals surface area contributed by atoms with Crippen LogP contribution in [-0.2, 0) is 11.2 Å². The second-order valence-corrected chi connectivity index (χ2v) is 3.37. The van der Waals surface area contributed by atoms with E-state index in [0.717, 1.165) is 5.56 Å². The van der Waals surface area contributed by atoms with Crippen molar-refractivity contribution in [3.8, 4) is 0 Å². The third-order valence-electron chi connectivity index (χ3n) is 1.72. The summed E-state index contributed by atoms with van der Waals surface area (Å²) in [6.45, 7) is 0. The largest absolute Gasteiger partial charge is 0.320 e. The summed E-state index contributed by atoms with van der Waals surface area (Å²) >= 11 is 0.688. The average Bonchev–Trinajstić information content (AvgIpc) is 2.18. The molecule has 0 radical (unpaired) electrons. The van der Waals surface area contributed by atoms with Gasteiger partial charge in [-0.25, -0.2) is 0 Å². The van der Waals surface area contributed by atoms with E-state index in [1.54, 1.807) is 0 Å². The number of rotatable bonds is 3. The molecular formula is C9H13ClN2OS. The Bertz CT molecular complexity index is 281. The van der Waals surface area contributed by atoms with Crippen LogP contribution in [0.1, 0.15) is 5.56 Å². The number of carbonyl (C=O) groups is 1. The number of halogens is 1. The highest BCUT2D eigenvalue weighted by Crippen LogP contribution is 2.05. The van der Waals surface area contributed by atoms with E-state index >= 15 is 0 Å². The molecule has 0 unspecified atom stereocenters. The first kappa shape index (κ1) is 13.4. The lowest BCUT2D eigenvalue weighted by Crippen LogP contribution is -2.31. The van der Waals surface area contributed by atoms with Crippen LogP contribution >= 0.6 is 24.4 Å². The van der Waals surface area contributed by atoms with Crippen LogP contribution < -0.4 is 10.9 Å². The molecule has 78 valence electrons. The quantitative estimate of drug-likeness (QED) is 0.767. The van der Waals surface area contributed by atoms with Crippen molar-refractivity contribution in [3.63, 3.8) is 0 Å². The first-order valence-corrected chi connectivity index (χ1v) is 4.82. The average molecular weight is 233 g/mol. The number of hydrogen-bond acceptors (Lipinski definition) is 4. The Kier molecular flexibility index (Phi) is 6.57. The van der Waals surface area contributed by atoms with Gasteiger partial charge in [0.05, 0.1) is 6.04 Å². The normalized spacial score (nSPS) is 11.6. The zero-order valence-electron chi connectivity index (χ0n) is 7.55. The van der Waals surface area contributed by atoms with Gasteiger partial charge in [-0.1, -0.05) is 30.3 Å². The van der Waals surface area contributed by atoms with Gasteiger partial charge >= 0.3 is 0 Å². The molecule has 0 fully saturated rings. The van der Waals surface area contributed by atoms with E-state index in [1.807, 2.05) is 30.3 Å². The highest BCUT2D eigenvalue weighted by atomic mass is 35.5. The van der Waals surface area contributed by atoms with Crippen LogP contribution in [0, 0.1) is 0 Å². The topological polar surface area (TPSA) is 69.1 Å². The van der Waals surface area contributed by atoms with Gasteiger partial charge in [0.25, 0.3) is 0 Å². The third-order valence-corrected chi connectivity index (χ3v) is 2.25. The monoisotopic (exact) mass is 232 g/mol. The molecule has 1 aromatic rings. The molecule has 4 N–H and O–H groups in total. The Morgan fingerprint density at radius 3 is 2.43 bits per heavy atom. The molecule has 0 bridgehead atoms. The predicted octanol–water partition coefficient (Wildman–Crippen LogP) is 1.11. The molecule has 14 heavy (non-hydrogen) atoms. The highest BCUT2D eigenvalue weighted by molar-refractivity contribution is 8.11. The first-order valence-electron chi connectivity index (χ1n) is 3.94. The maximum atomic E-state index is 11.0. The van der Waals surface area contributed by atoms with Crippen molar-refractivity contribution in [2.24, 2.45) is 10.9 Å². The second-order valence-electron chi connectivity index (χ2n) is 2.73. The fraction of sp³-hybridized carbons (Fsp3) is 0.222. The Balaban J connectivity index is 0.00000169. The van der Waals surface area contributed by atoms with E-state index in [0.29, 0.717) is 18.4 Å². The second kappa shape index (κ2) is 6.84. The molecule has 0 aliphatic heterocycles. The van der Waals surface area contributed by atoms with E-state index in [9.17, 15) is 4.79 Å². The smallest absolute Gasteiger partial charge is 0.220 e. The molecular weight excluding hydrogens is 220 g/mol. The molecule has 0 saturated heterocycles. The summed E-state index contributed by atoms with van der Waals surface area (Å²) in [5, 5.41) is 4.94. The molecule has 0 saturated carbocycles. The molecule has 1 atom stereocenters. The van der Waals surface area contributed by atoms with Crippen molar-refractivity contribution in [2.45, 2.75) is 12.5 Å². The molecule has 0 spiro atoms. The summed E-state index contributed by atoms with van der Waals surface area (Å²) in [5.74, 6) is 0. The van der Waals surface area contributed by atoms with Gasteiger partial charge in [0.2, 0.25) is 5.12 Å². The van der Waals surface area contributed by atoms with Crippen molar-refractivity contribution in [3.05, 3.63) is 35.9 Å². The maximum absolute atomic E-state index is 11.0. The van der Waals surface area contributed by atoms with Gasteiger partial charge in [0, 0.05) is 0 Å². The van der Waals surface area contributed by atoms with Crippen molar-refractivity contribution < 1.29 is 4.79 Å². The lowest BCUT2D eigenvalue weighted by atomic mass is 10.1. The molecule has 1 aromatic carbocycles. The number of nitrogens with two attached hydrogens (primary N) is 2. The van der Waals surface area contributed by atoms with Crippen LogP contribution in [0.2, 0.25) is 0 Å². The highest BCUT2D eigenvalue weighted by Gasteiger charge is 2.12. The number of hydrogen-bond donors (Lipinski definition) is 2. The predicted molar refractivity (Wildman–Crippen MR) is 62.2 cm³/mol. The van der Waals surface area contributed by atoms with Gasteiger partial charge in [-0.2, -0.15) is 0 Å². The summed E-state index contributed by atoms with van der Waals surface area (Å²) in [4.78, 5) is 11.0. The summed E-state index contributed by atoms with van der Waals surface area (Å²) in [5.41, 5.74) is 6.66. The number of carbonyl (C=O) groups excluding carboxylic acids is 1. The molecule has 0 amide bonds. The zero-order chi connectivity index (χ0) is 9.68. The minimum atomic E-state index is -0.502.